The first-order valence-electron chi connectivity index (χ1n) is 5.01. The fourth-order valence-electron chi connectivity index (χ4n) is 1.41. The van der Waals surface area contributed by atoms with E-state index in [4.69, 9.17) is 5.84 Å². The molecule has 0 aliphatic heterocycles. The molecule has 1 rings (SSSR count). The number of benzene rings is 1. The van der Waals surface area contributed by atoms with E-state index in [0.717, 1.165) is 31.4 Å². The number of rotatable bonds is 6. The summed E-state index contributed by atoms with van der Waals surface area (Å²) in [6.07, 6.45) is 2.45. The van der Waals surface area contributed by atoms with Gasteiger partial charge in [-0.2, -0.15) is 0 Å². The summed E-state index contributed by atoms with van der Waals surface area (Å²) < 4.78 is 0. The normalized spacial score (nSPS) is 12.7. The van der Waals surface area contributed by atoms with Crippen LogP contribution in [0.4, 0.5) is 0 Å². The van der Waals surface area contributed by atoms with Gasteiger partial charge in [-0.1, -0.05) is 30.3 Å². The van der Waals surface area contributed by atoms with E-state index in [1.165, 1.54) is 0 Å². The van der Waals surface area contributed by atoms with Gasteiger partial charge < -0.3 is 5.11 Å². The molecule has 3 nitrogen and oxygen atoms in total. The first-order valence-corrected chi connectivity index (χ1v) is 5.01. The predicted molar refractivity (Wildman–Crippen MR) is 57.4 cm³/mol. The number of hydrazine groups is 1. The minimum atomic E-state index is -0.339. The molecule has 1 unspecified atom stereocenters. The Morgan fingerprint density at radius 3 is 2.57 bits per heavy atom. The van der Waals surface area contributed by atoms with Crippen LogP contribution in [0.5, 0.6) is 0 Å². The molecule has 0 aliphatic carbocycles. The second-order valence-electron chi connectivity index (χ2n) is 3.38. The van der Waals surface area contributed by atoms with Crippen molar-refractivity contribution in [3.8, 4) is 0 Å². The fourth-order valence-corrected chi connectivity index (χ4v) is 1.41. The van der Waals surface area contributed by atoms with Gasteiger partial charge in [-0.05, 0) is 24.8 Å². The van der Waals surface area contributed by atoms with E-state index in [2.05, 4.69) is 5.43 Å². The van der Waals surface area contributed by atoms with Crippen LogP contribution >= 0.6 is 0 Å². The van der Waals surface area contributed by atoms with Crippen molar-refractivity contribution in [3.63, 3.8) is 0 Å². The van der Waals surface area contributed by atoms with Crippen molar-refractivity contribution in [1.82, 2.24) is 5.43 Å². The number of nitrogens with two attached hydrogens (primary N) is 1. The van der Waals surface area contributed by atoms with Gasteiger partial charge in [0.1, 0.15) is 0 Å². The van der Waals surface area contributed by atoms with Crippen molar-refractivity contribution in [3.05, 3.63) is 35.9 Å². The van der Waals surface area contributed by atoms with E-state index in [-0.39, 0.29) is 6.10 Å². The van der Waals surface area contributed by atoms with E-state index >= 15 is 0 Å². The highest BCUT2D eigenvalue weighted by atomic mass is 16.3. The Kier molecular flexibility index (Phi) is 5.22. The Morgan fingerprint density at radius 1 is 1.21 bits per heavy atom. The third-order valence-corrected chi connectivity index (χ3v) is 2.23. The van der Waals surface area contributed by atoms with Gasteiger partial charge in [-0.25, -0.2) is 0 Å². The van der Waals surface area contributed by atoms with E-state index in [1.54, 1.807) is 0 Å². The van der Waals surface area contributed by atoms with Crippen molar-refractivity contribution in [2.24, 2.45) is 5.84 Å². The van der Waals surface area contributed by atoms with E-state index in [1.807, 2.05) is 30.3 Å². The van der Waals surface area contributed by atoms with Gasteiger partial charge in [0.15, 0.2) is 0 Å². The third kappa shape index (κ3) is 3.87. The molecule has 0 amide bonds. The van der Waals surface area contributed by atoms with Gasteiger partial charge in [0.05, 0.1) is 6.10 Å². The standard InChI is InChI=1S/C11H18N2O/c12-13-9-5-4-8-11(14)10-6-2-1-3-7-10/h1-3,6-7,11,13-14H,4-5,8-9,12H2. The minimum absolute atomic E-state index is 0.339. The maximum absolute atomic E-state index is 9.77. The minimum Gasteiger partial charge on any atom is -0.388 e. The summed E-state index contributed by atoms with van der Waals surface area (Å²) in [6, 6.07) is 9.74. The topological polar surface area (TPSA) is 58.3 Å². The molecule has 0 spiro atoms. The number of hydrogen-bond donors (Lipinski definition) is 3. The molecule has 0 bridgehead atoms. The lowest BCUT2D eigenvalue weighted by Gasteiger charge is -2.10. The van der Waals surface area contributed by atoms with Crippen LogP contribution in [-0.2, 0) is 0 Å². The lowest BCUT2D eigenvalue weighted by molar-refractivity contribution is 0.163. The zero-order valence-electron chi connectivity index (χ0n) is 8.32. The average Bonchev–Trinajstić information content (AvgIpc) is 2.25. The van der Waals surface area contributed by atoms with Crippen molar-refractivity contribution in [1.29, 1.82) is 0 Å². The summed E-state index contributed by atoms with van der Waals surface area (Å²) in [5.41, 5.74) is 3.59. The van der Waals surface area contributed by atoms with Gasteiger partial charge in [0.2, 0.25) is 0 Å². The summed E-state index contributed by atoms with van der Waals surface area (Å²) in [4.78, 5) is 0. The van der Waals surface area contributed by atoms with E-state index in [0.29, 0.717) is 0 Å². The molecule has 0 aliphatic rings. The van der Waals surface area contributed by atoms with E-state index < -0.39 is 0 Å². The second kappa shape index (κ2) is 6.54. The van der Waals surface area contributed by atoms with Crippen LogP contribution in [0.3, 0.4) is 0 Å². The zero-order chi connectivity index (χ0) is 10.2. The van der Waals surface area contributed by atoms with Crippen LogP contribution < -0.4 is 11.3 Å². The molecule has 3 heteroatoms. The Bertz CT molecular complexity index is 238. The van der Waals surface area contributed by atoms with Gasteiger partial charge in [0, 0.05) is 6.54 Å². The average molecular weight is 194 g/mol. The van der Waals surface area contributed by atoms with Crippen LogP contribution in [0.2, 0.25) is 0 Å². The molecule has 1 aromatic rings. The van der Waals surface area contributed by atoms with Crippen LogP contribution in [0.15, 0.2) is 30.3 Å². The SMILES string of the molecule is NNCCCCC(O)c1ccccc1. The third-order valence-electron chi connectivity index (χ3n) is 2.23. The van der Waals surface area contributed by atoms with Crippen molar-refractivity contribution in [2.45, 2.75) is 25.4 Å². The number of nitrogens with one attached hydrogen (secondary N) is 1. The highest BCUT2D eigenvalue weighted by Gasteiger charge is 2.05. The highest BCUT2D eigenvalue weighted by Crippen LogP contribution is 2.17. The number of unbranched alkanes of at least 4 members (excludes halogenated alkanes) is 1. The Morgan fingerprint density at radius 2 is 1.93 bits per heavy atom. The second-order valence-corrected chi connectivity index (χ2v) is 3.38. The maximum Gasteiger partial charge on any atom is 0.0790 e. The number of hydrogen-bond acceptors (Lipinski definition) is 3. The number of aliphatic hydroxyl groups excluding tert-OH is 1. The van der Waals surface area contributed by atoms with Crippen LogP contribution in [0.25, 0.3) is 0 Å². The van der Waals surface area contributed by atoms with Crippen LogP contribution in [0.1, 0.15) is 30.9 Å². The molecule has 1 aromatic carbocycles. The summed E-state index contributed by atoms with van der Waals surface area (Å²) >= 11 is 0. The molecule has 0 saturated carbocycles. The Labute approximate surface area is 84.9 Å². The summed E-state index contributed by atoms with van der Waals surface area (Å²) in [5, 5.41) is 9.77. The van der Waals surface area contributed by atoms with Gasteiger partial charge >= 0.3 is 0 Å². The Hall–Kier alpha value is -0.900. The quantitative estimate of drug-likeness (QED) is 0.364. The molecular weight excluding hydrogens is 176 g/mol. The molecule has 0 heterocycles. The molecule has 0 saturated heterocycles. The van der Waals surface area contributed by atoms with Crippen LogP contribution in [0, 0.1) is 0 Å². The molecular formula is C11H18N2O. The molecule has 14 heavy (non-hydrogen) atoms. The zero-order valence-corrected chi connectivity index (χ0v) is 8.32. The molecule has 0 aromatic heterocycles. The molecule has 0 fully saturated rings. The lowest BCUT2D eigenvalue weighted by Crippen LogP contribution is -2.22. The molecule has 0 radical (unpaired) electrons. The maximum atomic E-state index is 9.77. The van der Waals surface area contributed by atoms with Gasteiger partial charge in [0.25, 0.3) is 0 Å². The van der Waals surface area contributed by atoms with Gasteiger partial charge in [-0.15, -0.1) is 0 Å². The van der Waals surface area contributed by atoms with Crippen molar-refractivity contribution in [2.75, 3.05) is 6.54 Å². The van der Waals surface area contributed by atoms with Crippen molar-refractivity contribution >= 4 is 0 Å². The lowest BCUT2D eigenvalue weighted by atomic mass is 10.0. The first kappa shape index (κ1) is 11.2. The van der Waals surface area contributed by atoms with E-state index in [9.17, 15) is 5.11 Å². The predicted octanol–water partition coefficient (Wildman–Crippen LogP) is 1.35. The number of aliphatic hydroxyl groups is 1. The fraction of sp³-hybridized carbons (Fsp3) is 0.455. The summed E-state index contributed by atoms with van der Waals surface area (Å²) in [7, 11) is 0. The van der Waals surface area contributed by atoms with Crippen molar-refractivity contribution < 1.29 is 5.11 Å². The molecule has 78 valence electrons. The summed E-state index contributed by atoms with van der Waals surface area (Å²) in [5.74, 6) is 5.14. The molecule has 1 atom stereocenters. The smallest absolute Gasteiger partial charge is 0.0790 e. The Balaban J connectivity index is 2.25. The monoisotopic (exact) mass is 194 g/mol. The molecule has 4 N–H and O–H groups in total. The summed E-state index contributed by atoms with van der Waals surface area (Å²) in [6.45, 7) is 0.807. The van der Waals surface area contributed by atoms with Gasteiger partial charge in [-0.3, -0.25) is 11.3 Å². The largest absolute Gasteiger partial charge is 0.388 e. The first-order chi connectivity index (χ1) is 6.84. The highest BCUT2D eigenvalue weighted by molar-refractivity contribution is 5.16. The van der Waals surface area contributed by atoms with Crippen LogP contribution in [-0.4, -0.2) is 11.7 Å².